The van der Waals surface area contributed by atoms with Crippen molar-refractivity contribution >= 4 is 11.8 Å². The Morgan fingerprint density at radius 2 is 1.62 bits per heavy atom. The maximum atomic E-state index is 12.8. The Morgan fingerprint density at radius 3 is 2.25 bits per heavy atom. The average Bonchev–Trinajstić information content (AvgIpc) is 2.78. The van der Waals surface area contributed by atoms with Gasteiger partial charge < -0.3 is 10.6 Å². The Bertz CT molecular complexity index is 899. The van der Waals surface area contributed by atoms with Gasteiger partial charge >= 0.3 is 0 Å². The molecule has 32 heavy (non-hydrogen) atoms. The molecule has 1 fully saturated rings. The Labute approximate surface area is 192 Å². The number of nitrogens with zero attached hydrogens (tertiary/aromatic N) is 1. The fourth-order valence-corrected chi connectivity index (χ4v) is 4.12. The second kappa shape index (κ2) is 11.3. The number of benzene rings is 2. The van der Waals surface area contributed by atoms with Crippen molar-refractivity contribution in [2.45, 2.75) is 59.7 Å². The van der Waals surface area contributed by atoms with Gasteiger partial charge in [0.05, 0.1) is 0 Å². The maximum Gasteiger partial charge on any atom is 0.252 e. The second-order valence-corrected chi connectivity index (χ2v) is 9.50. The van der Waals surface area contributed by atoms with Gasteiger partial charge in [0, 0.05) is 18.7 Å². The minimum Gasteiger partial charge on any atom is -0.350 e. The SMILES string of the molecule is Cc1ccccc1C(=O)NC(C(=O)NCc1ccc(CN2CCC(C)CC2)cc1)C(C)C. The highest BCUT2D eigenvalue weighted by Crippen LogP contribution is 2.18. The van der Waals surface area contributed by atoms with Crippen LogP contribution in [0, 0.1) is 18.8 Å². The molecule has 0 aromatic heterocycles. The zero-order chi connectivity index (χ0) is 23.1. The number of hydrogen-bond donors (Lipinski definition) is 2. The van der Waals surface area contributed by atoms with Crippen LogP contribution in [-0.4, -0.2) is 35.8 Å². The fraction of sp³-hybridized carbons (Fsp3) is 0.481. The van der Waals surface area contributed by atoms with Gasteiger partial charge in [-0.3, -0.25) is 14.5 Å². The molecular weight excluding hydrogens is 398 g/mol. The van der Waals surface area contributed by atoms with Crippen LogP contribution in [0.25, 0.3) is 0 Å². The molecule has 0 saturated carbocycles. The zero-order valence-electron chi connectivity index (χ0n) is 19.9. The van der Waals surface area contributed by atoms with Gasteiger partial charge in [0.25, 0.3) is 5.91 Å². The molecular formula is C27H37N3O2. The smallest absolute Gasteiger partial charge is 0.252 e. The number of piperidine rings is 1. The van der Waals surface area contributed by atoms with Gasteiger partial charge in [-0.05, 0) is 67.4 Å². The number of carbonyl (C=O) groups is 2. The van der Waals surface area contributed by atoms with Gasteiger partial charge in [0.15, 0.2) is 0 Å². The number of nitrogens with one attached hydrogen (secondary N) is 2. The van der Waals surface area contributed by atoms with Crippen molar-refractivity contribution in [2.75, 3.05) is 13.1 Å². The summed E-state index contributed by atoms with van der Waals surface area (Å²) in [5.41, 5.74) is 3.86. The van der Waals surface area contributed by atoms with Crippen molar-refractivity contribution in [2.24, 2.45) is 11.8 Å². The fourth-order valence-electron chi connectivity index (χ4n) is 4.12. The van der Waals surface area contributed by atoms with Gasteiger partial charge in [-0.25, -0.2) is 0 Å². The first-order valence-corrected chi connectivity index (χ1v) is 11.8. The summed E-state index contributed by atoms with van der Waals surface area (Å²) in [6.07, 6.45) is 2.56. The maximum absolute atomic E-state index is 12.8. The molecule has 1 heterocycles. The predicted molar refractivity (Wildman–Crippen MR) is 129 cm³/mol. The molecule has 2 aromatic carbocycles. The number of likely N-dealkylation sites (tertiary alicyclic amines) is 1. The first kappa shape index (κ1) is 24.0. The highest BCUT2D eigenvalue weighted by atomic mass is 16.2. The highest BCUT2D eigenvalue weighted by Gasteiger charge is 2.25. The summed E-state index contributed by atoms with van der Waals surface area (Å²) in [6.45, 7) is 11.9. The molecule has 5 heteroatoms. The summed E-state index contributed by atoms with van der Waals surface area (Å²) in [7, 11) is 0. The Balaban J connectivity index is 1.52. The van der Waals surface area contributed by atoms with E-state index in [0.29, 0.717) is 12.1 Å². The third kappa shape index (κ3) is 6.67. The van der Waals surface area contributed by atoms with Crippen LogP contribution in [0.3, 0.4) is 0 Å². The van der Waals surface area contributed by atoms with Gasteiger partial charge in [0.1, 0.15) is 6.04 Å². The Kier molecular flexibility index (Phi) is 8.46. The molecule has 1 unspecified atom stereocenters. The van der Waals surface area contributed by atoms with Crippen LogP contribution in [-0.2, 0) is 17.9 Å². The summed E-state index contributed by atoms with van der Waals surface area (Å²) in [6, 6.07) is 15.3. The molecule has 172 valence electrons. The van der Waals surface area contributed by atoms with E-state index in [1.54, 1.807) is 6.07 Å². The van der Waals surface area contributed by atoms with Crippen LogP contribution in [0.2, 0.25) is 0 Å². The molecule has 2 aromatic rings. The molecule has 0 aliphatic carbocycles. The lowest BCUT2D eigenvalue weighted by atomic mass is 9.99. The predicted octanol–water partition coefficient (Wildman–Crippen LogP) is 4.30. The first-order chi connectivity index (χ1) is 15.3. The van der Waals surface area contributed by atoms with Crippen molar-refractivity contribution in [3.63, 3.8) is 0 Å². The molecule has 0 bridgehead atoms. The number of hydrogen-bond acceptors (Lipinski definition) is 3. The molecule has 1 saturated heterocycles. The Morgan fingerprint density at radius 1 is 1.00 bits per heavy atom. The third-order valence-corrected chi connectivity index (χ3v) is 6.40. The monoisotopic (exact) mass is 435 g/mol. The van der Waals surface area contributed by atoms with Crippen LogP contribution >= 0.6 is 0 Å². The zero-order valence-corrected chi connectivity index (χ0v) is 19.9. The van der Waals surface area contributed by atoms with Gasteiger partial charge in [-0.15, -0.1) is 0 Å². The summed E-state index contributed by atoms with van der Waals surface area (Å²) in [4.78, 5) is 28.0. The van der Waals surface area contributed by atoms with E-state index in [-0.39, 0.29) is 17.7 Å². The van der Waals surface area contributed by atoms with Crippen molar-refractivity contribution in [1.29, 1.82) is 0 Å². The number of amides is 2. The highest BCUT2D eigenvalue weighted by molar-refractivity contribution is 5.98. The molecule has 0 radical (unpaired) electrons. The average molecular weight is 436 g/mol. The molecule has 0 spiro atoms. The summed E-state index contributed by atoms with van der Waals surface area (Å²) < 4.78 is 0. The van der Waals surface area contributed by atoms with Crippen LogP contribution in [0.4, 0.5) is 0 Å². The Hall–Kier alpha value is -2.66. The van der Waals surface area contributed by atoms with Crippen molar-refractivity contribution in [3.8, 4) is 0 Å². The molecule has 5 nitrogen and oxygen atoms in total. The standard InChI is InChI=1S/C27H37N3O2/c1-19(2)25(29-26(31)24-8-6-5-7-21(24)4)27(32)28-17-22-9-11-23(12-10-22)18-30-15-13-20(3)14-16-30/h5-12,19-20,25H,13-18H2,1-4H3,(H,28,32)(H,29,31). The molecule has 1 aliphatic heterocycles. The van der Waals surface area contributed by atoms with E-state index < -0.39 is 6.04 Å². The lowest BCUT2D eigenvalue weighted by molar-refractivity contribution is -0.124. The summed E-state index contributed by atoms with van der Waals surface area (Å²) in [5.74, 6) is 0.452. The summed E-state index contributed by atoms with van der Waals surface area (Å²) in [5, 5.41) is 5.90. The lowest BCUT2D eigenvalue weighted by Crippen LogP contribution is -2.49. The summed E-state index contributed by atoms with van der Waals surface area (Å²) >= 11 is 0. The molecule has 3 rings (SSSR count). The molecule has 2 amide bonds. The molecule has 2 N–H and O–H groups in total. The van der Waals surface area contributed by atoms with Crippen LogP contribution in [0.15, 0.2) is 48.5 Å². The number of aryl methyl sites for hydroxylation is 1. The van der Waals surface area contributed by atoms with E-state index in [1.165, 1.54) is 31.5 Å². The van der Waals surface area contributed by atoms with Gasteiger partial charge in [0.2, 0.25) is 5.91 Å². The molecule has 1 atom stereocenters. The third-order valence-electron chi connectivity index (χ3n) is 6.40. The topological polar surface area (TPSA) is 61.4 Å². The van der Waals surface area contributed by atoms with Crippen molar-refractivity contribution < 1.29 is 9.59 Å². The van der Waals surface area contributed by atoms with Crippen molar-refractivity contribution in [3.05, 3.63) is 70.8 Å². The number of carbonyl (C=O) groups excluding carboxylic acids is 2. The molecule has 1 aliphatic rings. The van der Waals surface area contributed by atoms with Crippen LogP contribution in [0.1, 0.15) is 60.7 Å². The van der Waals surface area contributed by atoms with E-state index in [2.05, 4.69) is 46.7 Å². The van der Waals surface area contributed by atoms with Gasteiger partial charge in [-0.2, -0.15) is 0 Å². The second-order valence-electron chi connectivity index (χ2n) is 9.50. The van der Waals surface area contributed by atoms with E-state index in [9.17, 15) is 9.59 Å². The van der Waals surface area contributed by atoms with E-state index in [1.807, 2.05) is 39.0 Å². The van der Waals surface area contributed by atoms with E-state index in [4.69, 9.17) is 0 Å². The normalized spacial score (nSPS) is 16.0. The van der Waals surface area contributed by atoms with Crippen molar-refractivity contribution in [1.82, 2.24) is 15.5 Å². The minimum atomic E-state index is -0.581. The number of rotatable bonds is 8. The van der Waals surface area contributed by atoms with Gasteiger partial charge in [-0.1, -0.05) is 63.2 Å². The van der Waals surface area contributed by atoms with E-state index >= 15 is 0 Å². The largest absolute Gasteiger partial charge is 0.350 e. The quantitative estimate of drug-likeness (QED) is 0.650. The van der Waals surface area contributed by atoms with Crippen LogP contribution in [0.5, 0.6) is 0 Å². The van der Waals surface area contributed by atoms with Crippen LogP contribution < -0.4 is 10.6 Å². The first-order valence-electron chi connectivity index (χ1n) is 11.8. The van der Waals surface area contributed by atoms with E-state index in [0.717, 1.165) is 23.6 Å². The lowest BCUT2D eigenvalue weighted by Gasteiger charge is -2.30. The minimum absolute atomic E-state index is 0.0161.